The number of carbonyl (C=O) groups excluding carboxylic acids is 1. The van der Waals surface area contributed by atoms with Gasteiger partial charge in [0.15, 0.2) is 0 Å². The molecule has 1 aliphatic heterocycles. The Labute approximate surface area is 222 Å². The van der Waals surface area contributed by atoms with E-state index in [1.54, 1.807) is 4.90 Å². The zero-order valence-corrected chi connectivity index (χ0v) is 22.3. The second-order valence-corrected chi connectivity index (χ2v) is 10.3. The highest BCUT2D eigenvalue weighted by Crippen LogP contribution is 2.31. The van der Waals surface area contributed by atoms with Crippen LogP contribution in [-0.2, 0) is 16.0 Å². The number of aliphatic carboxylic acids is 1. The van der Waals surface area contributed by atoms with E-state index in [1.165, 1.54) is 0 Å². The maximum absolute atomic E-state index is 12.7. The SMILES string of the molecule is Cc1oc(-c2ccccc2)nc1CCOc1cccc(C2=C(CC(=O)O)CCN(C(=O)OC(C)(C)C)C2)c1. The van der Waals surface area contributed by atoms with E-state index in [0.29, 0.717) is 37.6 Å². The fraction of sp³-hybridized carbons (Fsp3) is 0.367. The van der Waals surface area contributed by atoms with Gasteiger partial charge in [0.05, 0.1) is 18.7 Å². The Morgan fingerprint density at radius 1 is 1.08 bits per heavy atom. The van der Waals surface area contributed by atoms with Gasteiger partial charge in [-0.05, 0) is 69.5 Å². The lowest BCUT2D eigenvalue weighted by atomic mass is 9.92. The summed E-state index contributed by atoms with van der Waals surface area (Å²) in [5.41, 5.74) is 3.60. The van der Waals surface area contributed by atoms with Crippen LogP contribution in [0.5, 0.6) is 5.75 Å². The van der Waals surface area contributed by atoms with Crippen LogP contribution in [0.3, 0.4) is 0 Å². The van der Waals surface area contributed by atoms with Gasteiger partial charge in [0.25, 0.3) is 0 Å². The lowest BCUT2D eigenvalue weighted by Gasteiger charge is -2.32. The van der Waals surface area contributed by atoms with Crippen molar-refractivity contribution in [2.75, 3.05) is 19.7 Å². The molecule has 0 bridgehead atoms. The quantitative estimate of drug-likeness (QED) is 0.382. The number of ether oxygens (including phenoxy) is 2. The van der Waals surface area contributed by atoms with Crippen molar-refractivity contribution in [2.45, 2.75) is 52.6 Å². The van der Waals surface area contributed by atoms with Crippen molar-refractivity contribution in [3.63, 3.8) is 0 Å². The van der Waals surface area contributed by atoms with E-state index in [-0.39, 0.29) is 13.0 Å². The monoisotopic (exact) mass is 518 g/mol. The highest BCUT2D eigenvalue weighted by atomic mass is 16.6. The fourth-order valence-electron chi connectivity index (χ4n) is 4.36. The van der Waals surface area contributed by atoms with Crippen molar-refractivity contribution in [3.8, 4) is 17.2 Å². The summed E-state index contributed by atoms with van der Waals surface area (Å²) < 4.78 is 17.4. The first-order chi connectivity index (χ1) is 18.1. The Balaban J connectivity index is 1.46. The van der Waals surface area contributed by atoms with Crippen molar-refractivity contribution in [3.05, 3.63) is 77.2 Å². The van der Waals surface area contributed by atoms with Crippen LogP contribution in [0.1, 0.15) is 50.6 Å². The van der Waals surface area contributed by atoms with E-state index in [2.05, 4.69) is 4.98 Å². The summed E-state index contributed by atoms with van der Waals surface area (Å²) in [5, 5.41) is 9.46. The van der Waals surface area contributed by atoms with Crippen molar-refractivity contribution in [2.24, 2.45) is 0 Å². The zero-order chi connectivity index (χ0) is 27.3. The number of benzene rings is 2. The molecular weight excluding hydrogens is 484 g/mol. The number of carbonyl (C=O) groups is 2. The van der Waals surface area contributed by atoms with Gasteiger partial charge < -0.3 is 23.9 Å². The Morgan fingerprint density at radius 3 is 2.53 bits per heavy atom. The molecule has 1 aromatic heterocycles. The zero-order valence-electron chi connectivity index (χ0n) is 22.3. The molecule has 0 atom stereocenters. The highest BCUT2D eigenvalue weighted by molar-refractivity contribution is 5.81. The number of aryl methyl sites for hydroxylation is 1. The molecule has 0 spiro atoms. The molecule has 8 heteroatoms. The molecule has 200 valence electrons. The van der Waals surface area contributed by atoms with Gasteiger partial charge in [-0.3, -0.25) is 4.79 Å². The van der Waals surface area contributed by atoms with Crippen molar-refractivity contribution in [1.82, 2.24) is 9.88 Å². The second kappa shape index (κ2) is 11.5. The number of aromatic nitrogens is 1. The molecule has 0 radical (unpaired) electrons. The van der Waals surface area contributed by atoms with E-state index in [9.17, 15) is 14.7 Å². The number of nitrogens with zero attached hydrogens (tertiary/aromatic N) is 2. The third kappa shape index (κ3) is 7.03. The maximum atomic E-state index is 12.7. The van der Waals surface area contributed by atoms with Gasteiger partial charge in [-0.15, -0.1) is 0 Å². The van der Waals surface area contributed by atoms with E-state index < -0.39 is 17.7 Å². The van der Waals surface area contributed by atoms with E-state index >= 15 is 0 Å². The third-order valence-electron chi connectivity index (χ3n) is 6.18. The van der Waals surface area contributed by atoms with Gasteiger partial charge >= 0.3 is 12.1 Å². The van der Waals surface area contributed by atoms with Gasteiger partial charge in [-0.1, -0.05) is 35.9 Å². The summed E-state index contributed by atoms with van der Waals surface area (Å²) >= 11 is 0. The molecule has 2 heterocycles. The molecule has 0 aliphatic carbocycles. The minimum Gasteiger partial charge on any atom is -0.493 e. The summed E-state index contributed by atoms with van der Waals surface area (Å²) in [7, 11) is 0. The minimum absolute atomic E-state index is 0.0717. The van der Waals surface area contributed by atoms with E-state index in [0.717, 1.165) is 33.7 Å². The van der Waals surface area contributed by atoms with Gasteiger partial charge in [-0.2, -0.15) is 0 Å². The molecule has 0 unspecified atom stereocenters. The number of rotatable bonds is 8. The van der Waals surface area contributed by atoms with Crippen molar-refractivity contribution in [1.29, 1.82) is 0 Å². The summed E-state index contributed by atoms with van der Waals surface area (Å²) in [6.45, 7) is 8.46. The van der Waals surface area contributed by atoms with E-state index in [1.807, 2.05) is 82.3 Å². The number of hydrogen-bond donors (Lipinski definition) is 1. The lowest BCUT2D eigenvalue weighted by Crippen LogP contribution is -2.40. The standard InChI is InChI=1S/C30H34N2O6/c1-20-26(31-28(37-20)21-9-6-5-7-10-21)14-16-36-24-12-8-11-22(17-24)25-19-32(29(35)38-30(2,3)4)15-13-23(25)18-27(33)34/h5-12,17H,13-16,18-19H2,1-4H3,(H,33,34). The van der Waals surface area contributed by atoms with Gasteiger partial charge in [0, 0.05) is 25.1 Å². The third-order valence-corrected chi connectivity index (χ3v) is 6.18. The topological polar surface area (TPSA) is 102 Å². The number of oxazole rings is 1. The highest BCUT2D eigenvalue weighted by Gasteiger charge is 2.28. The van der Waals surface area contributed by atoms with Crippen LogP contribution >= 0.6 is 0 Å². The Bertz CT molecular complexity index is 1320. The molecule has 1 aliphatic rings. The van der Waals surface area contributed by atoms with Crippen LogP contribution in [0.15, 0.2) is 64.6 Å². The van der Waals surface area contributed by atoms with Crippen LogP contribution < -0.4 is 4.74 Å². The smallest absolute Gasteiger partial charge is 0.410 e. The Kier molecular flexibility index (Phi) is 8.20. The normalized spacial score (nSPS) is 13.9. The summed E-state index contributed by atoms with van der Waals surface area (Å²) in [6, 6.07) is 17.3. The molecule has 0 saturated heterocycles. The molecule has 1 N–H and O–H groups in total. The molecule has 0 fully saturated rings. The first kappa shape index (κ1) is 27.0. The maximum Gasteiger partial charge on any atom is 0.410 e. The first-order valence-corrected chi connectivity index (χ1v) is 12.7. The number of carboxylic acids is 1. The van der Waals surface area contributed by atoms with Gasteiger partial charge in [0.2, 0.25) is 5.89 Å². The number of hydrogen-bond acceptors (Lipinski definition) is 6. The van der Waals surface area contributed by atoms with Crippen molar-refractivity contribution >= 4 is 17.6 Å². The molecule has 4 rings (SSSR count). The Morgan fingerprint density at radius 2 is 1.82 bits per heavy atom. The average Bonchev–Trinajstić information content (AvgIpc) is 3.24. The molecule has 38 heavy (non-hydrogen) atoms. The summed E-state index contributed by atoms with van der Waals surface area (Å²) in [6.07, 6.45) is 0.569. The fourth-order valence-corrected chi connectivity index (χ4v) is 4.36. The number of amides is 1. The molecule has 8 nitrogen and oxygen atoms in total. The lowest BCUT2D eigenvalue weighted by molar-refractivity contribution is -0.136. The first-order valence-electron chi connectivity index (χ1n) is 12.7. The average molecular weight is 519 g/mol. The van der Waals surface area contributed by atoms with Crippen molar-refractivity contribution < 1.29 is 28.6 Å². The van der Waals surface area contributed by atoms with Crippen LogP contribution in [0, 0.1) is 6.92 Å². The largest absolute Gasteiger partial charge is 0.493 e. The van der Waals surface area contributed by atoms with Crippen LogP contribution in [0.4, 0.5) is 4.79 Å². The van der Waals surface area contributed by atoms with Crippen LogP contribution in [-0.4, -0.2) is 52.4 Å². The molecule has 0 saturated carbocycles. The summed E-state index contributed by atoms with van der Waals surface area (Å²) in [5.74, 6) is 1.11. The molecule has 2 aromatic carbocycles. The number of carboxylic acid groups (broad SMARTS) is 1. The molecule has 3 aromatic rings. The molecular formula is C30H34N2O6. The predicted molar refractivity (Wildman–Crippen MR) is 144 cm³/mol. The predicted octanol–water partition coefficient (Wildman–Crippen LogP) is 6.14. The van der Waals surface area contributed by atoms with Crippen LogP contribution in [0.2, 0.25) is 0 Å². The van der Waals surface area contributed by atoms with Gasteiger partial charge in [-0.25, -0.2) is 9.78 Å². The second-order valence-electron chi connectivity index (χ2n) is 10.3. The molecule has 1 amide bonds. The Hall–Kier alpha value is -4.07. The minimum atomic E-state index is -0.895. The summed E-state index contributed by atoms with van der Waals surface area (Å²) in [4.78, 5) is 30.5. The van der Waals surface area contributed by atoms with Gasteiger partial charge in [0.1, 0.15) is 17.1 Å². The van der Waals surface area contributed by atoms with Crippen LogP contribution in [0.25, 0.3) is 17.0 Å². The van der Waals surface area contributed by atoms with E-state index in [4.69, 9.17) is 13.9 Å².